The average molecular weight is 212 g/mol. The molecule has 1 amide bonds. The second-order valence-electron chi connectivity index (χ2n) is 3.59. The lowest BCUT2D eigenvalue weighted by Crippen LogP contribution is -2.15. The molecule has 0 saturated heterocycles. The van der Waals surface area contributed by atoms with Crippen LogP contribution < -0.4 is 11.1 Å². The van der Waals surface area contributed by atoms with Gasteiger partial charge in [0.2, 0.25) is 0 Å². The maximum absolute atomic E-state index is 13.2. The Labute approximate surface area is 85.3 Å². The van der Waals surface area contributed by atoms with E-state index in [1.165, 1.54) is 0 Å². The maximum Gasteiger partial charge on any atom is 0.251 e. The number of carbonyl (C=O) groups is 1. The molecular formula is C10H10F2N2O. The van der Waals surface area contributed by atoms with E-state index in [-0.39, 0.29) is 17.3 Å². The van der Waals surface area contributed by atoms with Crippen LogP contribution in [0.25, 0.3) is 0 Å². The topological polar surface area (TPSA) is 55.1 Å². The molecule has 0 heterocycles. The van der Waals surface area contributed by atoms with Gasteiger partial charge >= 0.3 is 0 Å². The van der Waals surface area contributed by atoms with Gasteiger partial charge in [0.25, 0.3) is 5.91 Å². The number of nitrogens with two attached hydrogens (primary N) is 1. The van der Waals surface area contributed by atoms with Gasteiger partial charge < -0.3 is 11.1 Å². The molecule has 0 spiro atoms. The predicted molar refractivity (Wildman–Crippen MR) is 51.5 cm³/mol. The monoisotopic (exact) mass is 212 g/mol. The van der Waals surface area contributed by atoms with Gasteiger partial charge in [-0.05, 0) is 18.9 Å². The molecule has 1 saturated carbocycles. The highest BCUT2D eigenvalue weighted by Gasteiger charge is 2.23. The molecule has 5 heteroatoms. The standard InChI is InChI=1S/C10H10F2N2O/c11-7-4-8(12)9(14-5-1-2-5)3-6(7)10(13)15/h3-5,14H,1-2H2,(H2,13,15). The molecule has 80 valence electrons. The van der Waals surface area contributed by atoms with Crippen molar-refractivity contribution >= 4 is 11.6 Å². The van der Waals surface area contributed by atoms with Crippen molar-refractivity contribution in [3.05, 3.63) is 29.3 Å². The lowest BCUT2D eigenvalue weighted by atomic mass is 10.1. The van der Waals surface area contributed by atoms with E-state index in [0.29, 0.717) is 6.07 Å². The molecule has 0 aromatic heterocycles. The number of hydrogen-bond donors (Lipinski definition) is 2. The molecule has 3 N–H and O–H groups in total. The van der Waals surface area contributed by atoms with E-state index in [1.54, 1.807) is 0 Å². The highest BCUT2D eigenvalue weighted by molar-refractivity contribution is 5.94. The van der Waals surface area contributed by atoms with Gasteiger partial charge in [-0.25, -0.2) is 8.78 Å². The molecule has 2 rings (SSSR count). The normalized spacial score (nSPS) is 15.1. The van der Waals surface area contributed by atoms with Gasteiger partial charge in [-0.3, -0.25) is 4.79 Å². The Kier molecular flexibility index (Phi) is 2.30. The van der Waals surface area contributed by atoms with Gasteiger partial charge in [0.15, 0.2) is 0 Å². The third-order valence-electron chi connectivity index (χ3n) is 2.26. The summed E-state index contributed by atoms with van der Waals surface area (Å²) < 4.78 is 26.3. The van der Waals surface area contributed by atoms with Crippen LogP contribution in [0.5, 0.6) is 0 Å². The van der Waals surface area contributed by atoms with Crippen molar-refractivity contribution in [3.8, 4) is 0 Å². The summed E-state index contributed by atoms with van der Waals surface area (Å²) in [6.45, 7) is 0. The SMILES string of the molecule is NC(=O)c1cc(NC2CC2)c(F)cc1F. The molecule has 3 nitrogen and oxygen atoms in total. The Hall–Kier alpha value is -1.65. The number of anilines is 1. The Morgan fingerprint density at radius 3 is 2.53 bits per heavy atom. The van der Waals surface area contributed by atoms with E-state index in [0.717, 1.165) is 18.9 Å². The summed E-state index contributed by atoms with van der Waals surface area (Å²) in [5.74, 6) is -2.53. The minimum Gasteiger partial charge on any atom is -0.380 e. The number of halogens is 2. The van der Waals surface area contributed by atoms with E-state index in [2.05, 4.69) is 5.32 Å². The van der Waals surface area contributed by atoms with Crippen LogP contribution in [0.4, 0.5) is 14.5 Å². The first kappa shape index (κ1) is 9.89. The molecule has 0 radical (unpaired) electrons. The molecule has 1 aromatic rings. The lowest BCUT2D eigenvalue weighted by Gasteiger charge is -2.08. The molecule has 1 aliphatic carbocycles. The van der Waals surface area contributed by atoms with E-state index < -0.39 is 17.5 Å². The number of primary amides is 1. The van der Waals surface area contributed by atoms with Crippen molar-refractivity contribution in [2.24, 2.45) is 5.73 Å². The number of carbonyl (C=O) groups excluding carboxylic acids is 1. The summed E-state index contributed by atoms with van der Waals surface area (Å²) in [4.78, 5) is 10.8. The van der Waals surface area contributed by atoms with E-state index >= 15 is 0 Å². The number of benzene rings is 1. The molecule has 15 heavy (non-hydrogen) atoms. The fourth-order valence-electron chi connectivity index (χ4n) is 1.30. The summed E-state index contributed by atoms with van der Waals surface area (Å²) in [6.07, 6.45) is 1.92. The third-order valence-corrected chi connectivity index (χ3v) is 2.26. The zero-order chi connectivity index (χ0) is 11.0. The largest absolute Gasteiger partial charge is 0.380 e. The van der Waals surface area contributed by atoms with Crippen molar-refractivity contribution in [3.63, 3.8) is 0 Å². The Morgan fingerprint density at radius 1 is 1.33 bits per heavy atom. The number of nitrogens with one attached hydrogen (secondary N) is 1. The van der Waals surface area contributed by atoms with Crippen molar-refractivity contribution in [1.29, 1.82) is 0 Å². The second-order valence-corrected chi connectivity index (χ2v) is 3.59. The van der Waals surface area contributed by atoms with Crippen LogP contribution in [0.3, 0.4) is 0 Å². The molecule has 1 aromatic carbocycles. The van der Waals surface area contributed by atoms with Crippen LogP contribution in [-0.4, -0.2) is 11.9 Å². The summed E-state index contributed by atoms with van der Waals surface area (Å²) >= 11 is 0. The van der Waals surface area contributed by atoms with Crippen molar-refractivity contribution in [1.82, 2.24) is 0 Å². The number of rotatable bonds is 3. The Balaban J connectivity index is 2.35. The van der Waals surface area contributed by atoms with Gasteiger partial charge in [-0.1, -0.05) is 0 Å². The van der Waals surface area contributed by atoms with Gasteiger partial charge in [0.05, 0.1) is 11.3 Å². The van der Waals surface area contributed by atoms with Crippen LogP contribution in [-0.2, 0) is 0 Å². The summed E-state index contributed by atoms with van der Waals surface area (Å²) in [6, 6.07) is 2.02. The first-order chi connectivity index (χ1) is 7.08. The Morgan fingerprint density at radius 2 is 2.00 bits per heavy atom. The van der Waals surface area contributed by atoms with Gasteiger partial charge in [0.1, 0.15) is 11.6 Å². The Bertz CT molecular complexity index is 416. The summed E-state index contributed by atoms with van der Waals surface area (Å²) in [7, 11) is 0. The van der Waals surface area contributed by atoms with Crippen LogP contribution in [0.2, 0.25) is 0 Å². The number of hydrogen-bond acceptors (Lipinski definition) is 2. The first-order valence-corrected chi connectivity index (χ1v) is 4.63. The predicted octanol–water partition coefficient (Wildman–Crippen LogP) is 1.64. The highest BCUT2D eigenvalue weighted by Crippen LogP contribution is 2.27. The zero-order valence-electron chi connectivity index (χ0n) is 7.89. The highest BCUT2D eigenvalue weighted by atomic mass is 19.1. The van der Waals surface area contributed by atoms with E-state index in [1.807, 2.05) is 0 Å². The number of amides is 1. The second kappa shape index (κ2) is 3.49. The van der Waals surface area contributed by atoms with Gasteiger partial charge in [-0.2, -0.15) is 0 Å². The summed E-state index contributed by atoms with van der Waals surface area (Å²) in [5.41, 5.74) is 4.79. The molecule has 0 atom stereocenters. The smallest absolute Gasteiger partial charge is 0.251 e. The average Bonchev–Trinajstić information content (AvgIpc) is 2.92. The summed E-state index contributed by atoms with van der Waals surface area (Å²) in [5, 5.41) is 2.86. The molecular weight excluding hydrogens is 202 g/mol. The lowest BCUT2D eigenvalue weighted by molar-refractivity contribution is 0.0996. The van der Waals surface area contributed by atoms with E-state index in [9.17, 15) is 13.6 Å². The zero-order valence-corrected chi connectivity index (χ0v) is 7.89. The van der Waals surface area contributed by atoms with Crippen LogP contribution in [0, 0.1) is 11.6 Å². The molecule has 1 aliphatic rings. The van der Waals surface area contributed by atoms with Crippen LogP contribution in [0.15, 0.2) is 12.1 Å². The third kappa shape index (κ3) is 2.06. The fourth-order valence-corrected chi connectivity index (χ4v) is 1.30. The molecule has 0 bridgehead atoms. The maximum atomic E-state index is 13.2. The minimum absolute atomic E-state index is 0.132. The van der Waals surface area contributed by atoms with Gasteiger partial charge in [-0.15, -0.1) is 0 Å². The van der Waals surface area contributed by atoms with Crippen molar-refractivity contribution in [2.45, 2.75) is 18.9 Å². The van der Waals surface area contributed by atoms with Crippen molar-refractivity contribution in [2.75, 3.05) is 5.32 Å². The first-order valence-electron chi connectivity index (χ1n) is 4.63. The van der Waals surface area contributed by atoms with Crippen LogP contribution in [0.1, 0.15) is 23.2 Å². The van der Waals surface area contributed by atoms with E-state index in [4.69, 9.17) is 5.73 Å². The van der Waals surface area contributed by atoms with Crippen molar-refractivity contribution < 1.29 is 13.6 Å². The molecule has 0 aliphatic heterocycles. The fraction of sp³-hybridized carbons (Fsp3) is 0.300. The van der Waals surface area contributed by atoms with Gasteiger partial charge in [0, 0.05) is 12.1 Å². The minimum atomic E-state index is -0.929. The van der Waals surface area contributed by atoms with Crippen LogP contribution >= 0.6 is 0 Å². The quantitative estimate of drug-likeness (QED) is 0.800. The molecule has 1 fully saturated rings. The molecule has 0 unspecified atom stereocenters.